The van der Waals surface area contributed by atoms with Crippen LogP contribution in [0.15, 0.2) is 0 Å². The average molecular weight is 622 g/mol. The van der Waals surface area contributed by atoms with Gasteiger partial charge in [-0.05, 0) is 119 Å². The summed E-state index contributed by atoms with van der Waals surface area (Å²) >= 11 is 0. The van der Waals surface area contributed by atoms with Crippen LogP contribution in [0.4, 0.5) is 8.78 Å². The Morgan fingerprint density at radius 1 is 0.977 bits per heavy atom. The number of hydrogen-bond acceptors (Lipinski definition) is 6. The normalized spacial score (nSPS) is 53.8. The van der Waals surface area contributed by atoms with Crippen LogP contribution in [0.1, 0.15) is 126 Å². The lowest BCUT2D eigenvalue weighted by Crippen LogP contribution is -2.64. The standard InChI is InChI=1S/C36H57F2NO5/c1-29(2)28-23(43-26(41)17-21-9-8-16-39-21)18-24-32(6)19-22(40)27(33(7)11-10-25(44-33)30(3,4)42)31(32,5)12-13-34(24)20-35(28,34)14-15-36(29,37)38/h21-25,27-28,39-40,42H,8-20H2,1-7H3/t21-,22+,23+,24+,25+,27+,28+,31-,32+,33+,34+,35-/m1/s1. The highest BCUT2D eigenvalue weighted by Crippen LogP contribution is 2.90. The molecular formula is C36H57F2NO5. The number of rotatable bonds is 5. The van der Waals surface area contributed by atoms with Crippen molar-refractivity contribution >= 4 is 5.97 Å². The van der Waals surface area contributed by atoms with E-state index in [0.29, 0.717) is 19.3 Å². The van der Waals surface area contributed by atoms with Crippen molar-refractivity contribution in [2.75, 3.05) is 6.54 Å². The Balaban J connectivity index is 1.24. The Labute approximate surface area is 262 Å². The fourth-order valence-electron chi connectivity index (χ4n) is 13.5. The number of halogens is 2. The van der Waals surface area contributed by atoms with E-state index in [4.69, 9.17) is 9.47 Å². The molecule has 44 heavy (non-hydrogen) atoms. The fourth-order valence-corrected chi connectivity index (χ4v) is 13.5. The second kappa shape index (κ2) is 9.41. The number of esters is 1. The van der Waals surface area contributed by atoms with Crippen molar-refractivity contribution in [1.82, 2.24) is 5.32 Å². The van der Waals surface area contributed by atoms with Crippen LogP contribution in [0, 0.1) is 44.8 Å². The summed E-state index contributed by atoms with van der Waals surface area (Å²) < 4.78 is 44.7. The molecule has 12 atom stereocenters. The summed E-state index contributed by atoms with van der Waals surface area (Å²) in [6, 6.07) is 0.0991. The number of aliphatic hydroxyl groups excluding tert-OH is 1. The highest BCUT2D eigenvalue weighted by molar-refractivity contribution is 5.70. The molecule has 0 aromatic carbocycles. The van der Waals surface area contributed by atoms with Crippen molar-refractivity contribution in [2.24, 2.45) is 44.8 Å². The molecule has 0 unspecified atom stereocenters. The van der Waals surface area contributed by atoms with Crippen LogP contribution in [0.5, 0.6) is 0 Å². The molecule has 8 heteroatoms. The quantitative estimate of drug-likeness (QED) is 0.308. The predicted molar refractivity (Wildman–Crippen MR) is 163 cm³/mol. The maximum absolute atomic E-state index is 15.8. The number of fused-ring (bicyclic) bond motifs is 2. The largest absolute Gasteiger partial charge is 0.462 e. The van der Waals surface area contributed by atoms with Gasteiger partial charge < -0.3 is 25.0 Å². The Hall–Kier alpha value is -0.830. The smallest absolute Gasteiger partial charge is 0.307 e. The zero-order valence-corrected chi connectivity index (χ0v) is 28.1. The first kappa shape index (κ1) is 31.8. The monoisotopic (exact) mass is 621 g/mol. The summed E-state index contributed by atoms with van der Waals surface area (Å²) in [6.07, 6.45) is 6.83. The highest BCUT2D eigenvalue weighted by atomic mass is 19.3. The first-order valence-electron chi connectivity index (χ1n) is 17.7. The minimum absolute atomic E-state index is 0.0582. The minimum Gasteiger partial charge on any atom is -0.462 e. The Kier molecular flexibility index (Phi) is 6.79. The van der Waals surface area contributed by atoms with E-state index in [9.17, 15) is 15.0 Å². The number of aliphatic hydroxyl groups is 2. The summed E-state index contributed by atoms with van der Waals surface area (Å²) in [5.41, 5.74) is -3.60. The van der Waals surface area contributed by atoms with Gasteiger partial charge in [-0.3, -0.25) is 4.79 Å². The van der Waals surface area contributed by atoms with Crippen LogP contribution >= 0.6 is 0 Å². The number of hydrogen-bond donors (Lipinski definition) is 3. The number of nitrogens with one attached hydrogen (secondary N) is 1. The molecule has 7 rings (SSSR count). The van der Waals surface area contributed by atoms with Gasteiger partial charge in [0.25, 0.3) is 5.92 Å². The molecule has 6 nitrogen and oxygen atoms in total. The van der Waals surface area contributed by atoms with E-state index in [-0.39, 0.29) is 70.4 Å². The van der Waals surface area contributed by atoms with Crippen molar-refractivity contribution in [3.63, 3.8) is 0 Å². The zero-order chi connectivity index (χ0) is 31.9. The molecule has 0 aromatic rings. The molecule has 5 aliphatic carbocycles. The Morgan fingerprint density at radius 2 is 1.68 bits per heavy atom. The topological polar surface area (TPSA) is 88.0 Å². The molecule has 2 saturated heterocycles. The summed E-state index contributed by atoms with van der Waals surface area (Å²) in [5.74, 6) is -3.39. The minimum atomic E-state index is -2.82. The van der Waals surface area contributed by atoms with E-state index in [0.717, 1.165) is 51.5 Å². The van der Waals surface area contributed by atoms with Gasteiger partial charge in [-0.1, -0.05) is 27.7 Å². The first-order valence-corrected chi connectivity index (χ1v) is 17.7. The van der Waals surface area contributed by atoms with Gasteiger partial charge >= 0.3 is 5.97 Å². The van der Waals surface area contributed by atoms with E-state index in [1.54, 1.807) is 27.7 Å². The molecule has 0 radical (unpaired) electrons. The number of ether oxygens (including phenoxy) is 2. The number of carbonyl (C=O) groups is 1. The van der Waals surface area contributed by atoms with E-state index >= 15 is 8.78 Å². The molecule has 250 valence electrons. The molecule has 2 aliphatic heterocycles. The molecule has 5 saturated carbocycles. The van der Waals surface area contributed by atoms with E-state index in [2.05, 4.69) is 26.1 Å². The fraction of sp³-hybridized carbons (Fsp3) is 0.972. The van der Waals surface area contributed by atoms with Crippen molar-refractivity contribution < 1.29 is 33.3 Å². The summed E-state index contributed by atoms with van der Waals surface area (Å²) in [4.78, 5) is 13.5. The van der Waals surface area contributed by atoms with Crippen molar-refractivity contribution in [3.05, 3.63) is 0 Å². The zero-order valence-electron chi connectivity index (χ0n) is 28.1. The maximum atomic E-state index is 15.8. The molecule has 0 amide bonds. The van der Waals surface area contributed by atoms with Gasteiger partial charge in [0.15, 0.2) is 0 Å². The molecule has 7 aliphatic rings. The summed E-state index contributed by atoms with van der Waals surface area (Å²) in [7, 11) is 0. The maximum Gasteiger partial charge on any atom is 0.307 e. The van der Waals surface area contributed by atoms with Gasteiger partial charge in [-0.15, -0.1) is 0 Å². The van der Waals surface area contributed by atoms with Crippen molar-refractivity contribution in [2.45, 2.75) is 167 Å². The Morgan fingerprint density at radius 3 is 2.32 bits per heavy atom. The molecule has 2 spiro atoms. The van der Waals surface area contributed by atoms with Crippen LogP contribution in [0.3, 0.4) is 0 Å². The lowest BCUT2D eigenvalue weighted by molar-refractivity contribution is -0.252. The Bertz CT molecular complexity index is 1200. The van der Waals surface area contributed by atoms with Gasteiger partial charge in [0, 0.05) is 29.7 Å². The van der Waals surface area contributed by atoms with E-state index in [1.165, 1.54) is 0 Å². The van der Waals surface area contributed by atoms with E-state index in [1.807, 2.05) is 0 Å². The van der Waals surface area contributed by atoms with Gasteiger partial charge in [0.1, 0.15) is 6.10 Å². The molecule has 3 N–H and O–H groups in total. The van der Waals surface area contributed by atoms with Crippen molar-refractivity contribution in [1.29, 1.82) is 0 Å². The summed E-state index contributed by atoms with van der Waals surface area (Å²) in [6.45, 7) is 14.8. The number of alkyl halides is 2. The van der Waals surface area contributed by atoms with Crippen molar-refractivity contribution in [3.8, 4) is 0 Å². The third-order valence-corrected chi connectivity index (χ3v) is 15.7. The number of carbonyl (C=O) groups excluding carboxylic acids is 1. The second-order valence-electron chi connectivity index (χ2n) is 18.4. The lowest BCUT2D eigenvalue weighted by Gasteiger charge is -2.65. The predicted octanol–water partition coefficient (Wildman–Crippen LogP) is 6.40. The van der Waals surface area contributed by atoms with Gasteiger partial charge in [0.05, 0.1) is 29.8 Å². The van der Waals surface area contributed by atoms with Crippen LogP contribution in [-0.4, -0.2) is 64.2 Å². The average Bonchev–Trinajstić information content (AvgIpc) is 3.22. The third-order valence-electron chi connectivity index (χ3n) is 15.7. The van der Waals surface area contributed by atoms with Gasteiger partial charge in [0.2, 0.25) is 0 Å². The highest BCUT2D eigenvalue weighted by Gasteiger charge is 2.86. The van der Waals surface area contributed by atoms with Crippen LogP contribution in [-0.2, 0) is 14.3 Å². The lowest BCUT2D eigenvalue weighted by atomic mass is 9.41. The molecule has 0 bridgehead atoms. The molecular weight excluding hydrogens is 564 g/mol. The van der Waals surface area contributed by atoms with Crippen LogP contribution in [0.2, 0.25) is 0 Å². The van der Waals surface area contributed by atoms with Crippen LogP contribution in [0.25, 0.3) is 0 Å². The second-order valence-corrected chi connectivity index (χ2v) is 18.4. The third kappa shape index (κ3) is 3.98. The van der Waals surface area contributed by atoms with E-state index < -0.39 is 34.7 Å². The molecule has 0 aromatic heterocycles. The molecule has 2 heterocycles. The first-order chi connectivity index (χ1) is 20.3. The molecule has 7 fully saturated rings. The van der Waals surface area contributed by atoms with Gasteiger partial charge in [-0.2, -0.15) is 0 Å². The SMILES string of the molecule is CC(C)(O)[C@@H]1CC[C@@](C)([C@H]2[C@@H](O)C[C@@]3(C)[C@@H]4C[C@H](OC(=O)C[C@H]5CCCN5)[C@H]5C(C)(C)C(F)(F)CC[C@@]56C[C@@]46CC[C@]23C)O1. The van der Waals surface area contributed by atoms with Gasteiger partial charge in [-0.25, -0.2) is 8.78 Å². The van der Waals surface area contributed by atoms with Crippen LogP contribution < -0.4 is 5.32 Å². The summed E-state index contributed by atoms with van der Waals surface area (Å²) in [5, 5.41) is 26.2.